The van der Waals surface area contributed by atoms with Crippen LogP contribution in [0.15, 0.2) is 24.4 Å². The zero-order chi connectivity index (χ0) is 23.5. The molecule has 0 fully saturated rings. The van der Waals surface area contributed by atoms with E-state index >= 15 is 0 Å². The highest BCUT2D eigenvalue weighted by atomic mass is 32.2. The van der Waals surface area contributed by atoms with Crippen LogP contribution < -0.4 is 20.4 Å². The van der Waals surface area contributed by atoms with Gasteiger partial charge in [-0.1, -0.05) is 17.3 Å². The molecule has 2 heterocycles. The molecule has 0 saturated heterocycles. The van der Waals surface area contributed by atoms with Crippen LogP contribution in [0.4, 0.5) is 0 Å². The molecule has 14 nitrogen and oxygen atoms in total. The lowest BCUT2D eigenvalue weighted by Gasteiger charge is -2.28. The second-order valence-electron chi connectivity index (χ2n) is 6.83. The highest BCUT2D eigenvalue weighted by molar-refractivity contribution is 7.90. The Hall–Kier alpha value is -3.50. The van der Waals surface area contributed by atoms with Gasteiger partial charge in [0.1, 0.15) is 12.3 Å². The molecular formula is C16H19BN6O8S. The summed E-state index contributed by atoms with van der Waals surface area (Å²) in [6.45, 7) is -0.560. The zero-order valence-electron chi connectivity index (χ0n) is 16.5. The van der Waals surface area contributed by atoms with Crippen molar-refractivity contribution in [2.24, 2.45) is 5.73 Å². The van der Waals surface area contributed by atoms with Gasteiger partial charge in [0.15, 0.2) is 5.69 Å². The van der Waals surface area contributed by atoms with Crippen molar-refractivity contribution in [3.8, 4) is 5.75 Å². The molecule has 0 radical (unpaired) electrons. The molecule has 0 aliphatic carbocycles. The van der Waals surface area contributed by atoms with Gasteiger partial charge in [0.2, 0.25) is 15.9 Å². The molecule has 6 N–H and O–H groups in total. The van der Waals surface area contributed by atoms with E-state index in [1.165, 1.54) is 12.1 Å². The third-order valence-electron chi connectivity index (χ3n) is 4.41. The van der Waals surface area contributed by atoms with Crippen LogP contribution in [0.1, 0.15) is 26.4 Å². The third-order valence-corrected chi connectivity index (χ3v) is 5.68. The van der Waals surface area contributed by atoms with Crippen molar-refractivity contribution in [3.63, 3.8) is 0 Å². The molecule has 3 rings (SSSR count). The SMILES string of the molecule is NCCS(=O)(=O)NC(=O)c1cn(CC(=O)N[C@H]2Cc3cccc(C(=O)O)c3OB2O)nn1. The minimum absolute atomic E-state index is 0.0366. The highest BCUT2D eigenvalue weighted by Gasteiger charge is 2.37. The Kier molecular flexibility index (Phi) is 6.76. The number of hydrogen-bond donors (Lipinski definition) is 5. The quantitative estimate of drug-likeness (QED) is 0.249. The number of fused-ring (bicyclic) bond motifs is 1. The van der Waals surface area contributed by atoms with E-state index in [-0.39, 0.29) is 36.5 Å². The summed E-state index contributed by atoms with van der Waals surface area (Å²) >= 11 is 0. The van der Waals surface area contributed by atoms with Crippen LogP contribution in [-0.2, 0) is 27.8 Å². The van der Waals surface area contributed by atoms with Crippen molar-refractivity contribution in [2.45, 2.75) is 18.9 Å². The predicted octanol–water partition coefficient (Wildman–Crippen LogP) is -2.87. The fraction of sp³-hybridized carbons (Fsp3) is 0.312. The summed E-state index contributed by atoms with van der Waals surface area (Å²) in [4.78, 5) is 35.6. The van der Waals surface area contributed by atoms with Gasteiger partial charge in [0, 0.05) is 6.54 Å². The smallest absolute Gasteiger partial charge is 0.534 e. The van der Waals surface area contributed by atoms with Crippen molar-refractivity contribution >= 4 is 34.9 Å². The van der Waals surface area contributed by atoms with Crippen LogP contribution in [-0.4, -0.2) is 76.7 Å². The van der Waals surface area contributed by atoms with E-state index in [9.17, 15) is 32.9 Å². The Morgan fingerprint density at radius 1 is 1.34 bits per heavy atom. The number of aromatic nitrogens is 3. The van der Waals surface area contributed by atoms with Gasteiger partial charge in [-0.3, -0.25) is 9.59 Å². The molecule has 2 aromatic rings. The molecule has 0 spiro atoms. The standard InChI is InChI=1S/C16H19BN6O8S/c18-4-5-32(29,30)21-15(25)11-7-23(22-20-11)8-13(24)19-12-6-9-2-1-3-10(16(26)27)14(9)31-17(12)28/h1-3,7,12,28H,4-6,8,18H2,(H,19,24)(H,21,25)(H,26,27)/t12-/m0/s1. The number of sulfonamides is 1. The highest BCUT2D eigenvalue weighted by Crippen LogP contribution is 2.30. The average Bonchev–Trinajstić information content (AvgIpc) is 3.16. The Morgan fingerprint density at radius 2 is 2.09 bits per heavy atom. The van der Waals surface area contributed by atoms with Crippen molar-refractivity contribution in [1.29, 1.82) is 0 Å². The third kappa shape index (κ3) is 5.40. The second kappa shape index (κ2) is 9.33. The number of nitrogens with zero attached hydrogens (tertiary/aromatic N) is 3. The van der Waals surface area contributed by atoms with Crippen LogP contribution in [0.3, 0.4) is 0 Å². The minimum atomic E-state index is -3.91. The maximum atomic E-state index is 12.3. The van der Waals surface area contributed by atoms with E-state index in [0.717, 1.165) is 10.9 Å². The number of carboxylic acids is 1. The van der Waals surface area contributed by atoms with E-state index in [0.29, 0.717) is 5.56 Å². The molecule has 0 saturated carbocycles. The molecule has 170 valence electrons. The number of amides is 2. The molecule has 1 aliphatic heterocycles. The molecule has 0 bridgehead atoms. The number of para-hydroxylation sites is 1. The monoisotopic (exact) mass is 466 g/mol. The van der Waals surface area contributed by atoms with E-state index < -0.39 is 46.6 Å². The molecule has 0 unspecified atom stereocenters. The number of rotatable bonds is 8. The van der Waals surface area contributed by atoms with Gasteiger partial charge in [0.25, 0.3) is 5.91 Å². The topological polar surface area (TPSA) is 216 Å². The van der Waals surface area contributed by atoms with Crippen LogP contribution in [0.25, 0.3) is 0 Å². The number of nitrogens with two attached hydrogens (primary N) is 1. The summed E-state index contributed by atoms with van der Waals surface area (Å²) in [5, 5.41) is 29.1. The number of benzene rings is 1. The lowest BCUT2D eigenvalue weighted by atomic mass is 9.72. The van der Waals surface area contributed by atoms with Crippen molar-refractivity contribution < 1.29 is 37.6 Å². The van der Waals surface area contributed by atoms with E-state index in [2.05, 4.69) is 15.6 Å². The second-order valence-corrected chi connectivity index (χ2v) is 8.67. The van der Waals surface area contributed by atoms with Crippen LogP contribution >= 0.6 is 0 Å². The fourth-order valence-corrected chi connectivity index (χ4v) is 3.79. The van der Waals surface area contributed by atoms with Crippen LogP contribution in [0, 0.1) is 0 Å². The van der Waals surface area contributed by atoms with Crippen molar-refractivity contribution in [1.82, 2.24) is 25.0 Å². The number of carbonyl (C=O) groups is 3. The lowest BCUT2D eigenvalue weighted by Crippen LogP contribution is -2.53. The molecule has 1 atom stereocenters. The molecule has 1 aromatic carbocycles. The summed E-state index contributed by atoms with van der Waals surface area (Å²) in [5.41, 5.74) is 5.23. The van der Waals surface area contributed by atoms with E-state index in [1.807, 2.05) is 0 Å². The zero-order valence-corrected chi connectivity index (χ0v) is 17.3. The summed E-state index contributed by atoms with van der Waals surface area (Å²) < 4.78 is 31.3. The molecule has 1 aliphatic rings. The normalized spacial score (nSPS) is 15.4. The molecule has 1 aromatic heterocycles. The van der Waals surface area contributed by atoms with Crippen molar-refractivity contribution in [3.05, 3.63) is 41.2 Å². The van der Waals surface area contributed by atoms with Gasteiger partial charge in [-0.15, -0.1) is 5.10 Å². The largest absolute Gasteiger partial charge is 0.547 e. The van der Waals surface area contributed by atoms with Crippen molar-refractivity contribution in [2.75, 3.05) is 12.3 Å². The number of nitrogens with one attached hydrogen (secondary N) is 2. The Bertz CT molecular complexity index is 1150. The summed E-state index contributed by atoms with van der Waals surface area (Å²) in [6, 6.07) is 4.48. The van der Waals surface area contributed by atoms with Crippen LogP contribution in [0.5, 0.6) is 5.75 Å². The number of hydrogen-bond acceptors (Lipinski definition) is 10. The lowest BCUT2D eigenvalue weighted by molar-refractivity contribution is -0.122. The number of carbonyl (C=O) groups excluding carboxylic acids is 2. The fourth-order valence-electron chi connectivity index (χ4n) is 3.00. The summed E-state index contributed by atoms with van der Waals surface area (Å²) in [6.07, 6.45) is 1.20. The maximum Gasteiger partial charge on any atom is 0.547 e. The first kappa shape index (κ1) is 23.2. The van der Waals surface area contributed by atoms with Gasteiger partial charge in [-0.05, 0) is 18.1 Å². The summed E-state index contributed by atoms with van der Waals surface area (Å²) in [5.74, 6) is -4.12. The van der Waals surface area contributed by atoms with Gasteiger partial charge in [0.05, 0.1) is 23.5 Å². The Morgan fingerprint density at radius 3 is 2.78 bits per heavy atom. The van der Waals surface area contributed by atoms with Gasteiger partial charge < -0.3 is 25.8 Å². The Labute approximate surface area is 181 Å². The predicted molar refractivity (Wildman–Crippen MR) is 108 cm³/mol. The first-order valence-corrected chi connectivity index (χ1v) is 10.9. The molecule has 2 amide bonds. The van der Waals surface area contributed by atoms with Gasteiger partial charge in [-0.2, -0.15) is 0 Å². The van der Waals surface area contributed by atoms with Gasteiger partial charge >= 0.3 is 13.1 Å². The summed E-state index contributed by atoms with van der Waals surface area (Å²) in [7, 11) is -5.40. The number of aromatic carboxylic acids is 1. The van der Waals surface area contributed by atoms with E-state index in [1.54, 1.807) is 10.8 Å². The maximum absolute atomic E-state index is 12.3. The van der Waals surface area contributed by atoms with Crippen LogP contribution in [0.2, 0.25) is 0 Å². The molecular weight excluding hydrogens is 447 g/mol. The molecule has 32 heavy (non-hydrogen) atoms. The minimum Gasteiger partial charge on any atom is -0.534 e. The number of carboxylic acid groups (broad SMARTS) is 1. The molecule has 16 heteroatoms. The first-order chi connectivity index (χ1) is 15.1. The average molecular weight is 466 g/mol. The van der Waals surface area contributed by atoms with E-state index in [4.69, 9.17) is 10.4 Å². The Balaban J connectivity index is 1.61. The van der Waals surface area contributed by atoms with Gasteiger partial charge in [-0.25, -0.2) is 22.6 Å². The first-order valence-electron chi connectivity index (χ1n) is 9.24.